The van der Waals surface area contributed by atoms with E-state index in [0.29, 0.717) is 18.5 Å². The Morgan fingerprint density at radius 2 is 2.03 bits per heavy atom. The number of nitrogens with two attached hydrogens (primary N) is 1. The van der Waals surface area contributed by atoms with E-state index in [1.54, 1.807) is 19.1 Å². The second-order valence-electron chi connectivity index (χ2n) is 7.75. The van der Waals surface area contributed by atoms with Crippen molar-refractivity contribution in [2.24, 2.45) is 11.7 Å². The second-order valence-corrected chi connectivity index (χ2v) is 7.75. The summed E-state index contributed by atoms with van der Waals surface area (Å²) in [7, 11) is 0. The van der Waals surface area contributed by atoms with Crippen LogP contribution in [0.3, 0.4) is 0 Å². The van der Waals surface area contributed by atoms with Gasteiger partial charge in [-0.2, -0.15) is 0 Å². The molecular weight excluding hydrogens is 390 g/mol. The van der Waals surface area contributed by atoms with Crippen molar-refractivity contribution in [1.82, 2.24) is 16.0 Å². The number of carbonyl (C=O) groups excluding carboxylic acids is 2. The number of amidine groups is 1. The summed E-state index contributed by atoms with van der Waals surface area (Å²) in [6, 6.07) is 6.10. The third-order valence-electron chi connectivity index (χ3n) is 5.34. The van der Waals surface area contributed by atoms with Crippen LogP contribution in [0.25, 0.3) is 0 Å². The molecule has 1 aliphatic rings. The molecule has 7 heteroatoms. The van der Waals surface area contributed by atoms with Crippen LogP contribution in [-0.4, -0.2) is 36.3 Å². The number of benzene rings is 1. The predicted molar refractivity (Wildman–Crippen MR) is 125 cm³/mol. The zero-order valence-corrected chi connectivity index (χ0v) is 18.3. The Balaban J connectivity index is 1.82. The molecule has 1 saturated heterocycles. The van der Waals surface area contributed by atoms with Gasteiger partial charge in [0.25, 0.3) is 0 Å². The highest BCUT2D eigenvalue weighted by atomic mass is 16.2. The molecule has 0 saturated carbocycles. The van der Waals surface area contributed by atoms with Gasteiger partial charge in [-0.1, -0.05) is 60.7 Å². The molecule has 0 radical (unpaired) electrons. The van der Waals surface area contributed by atoms with Crippen LogP contribution in [0.2, 0.25) is 0 Å². The number of hydrogen-bond donors (Lipinski definition) is 5. The molecule has 1 heterocycles. The maximum Gasteiger partial charge on any atom is 0.242 e. The Hall–Kier alpha value is -3.19. The molecule has 1 aromatic carbocycles. The monoisotopic (exact) mass is 423 g/mol. The van der Waals surface area contributed by atoms with Gasteiger partial charge in [-0.05, 0) is 44.7 Å². The van der Waals surface area contributed by atoms with Gasteiger partial charge in [0.15, 0.2) is 0 Å². The Labute approximate surface area is 184 Å². The summed E-state index contributed by atoms with van der Waals surface area (Å²) in [5.74, 6) is -0.193. The summed E-state index contributed by atoms with van der Waals surface area (Å²) in [6.07, 6.45) is 9.44. The van der Waals surface area contributed by atoms with Crippen LogP contribution in [0.4, 0.5) is 0 Å². The van der Waals surface area contributed by atoms with E-state index in [2.05, 4.69) is 22.5 Å². The van der Waals surface area contributed by atoms with E-state index in [9.17, 15) is 9.59 Å². The van der Waals surface area contributed by atoms with Crippen molar-refractivity contribution >= 4 is 17.6 Å². The average Bonchev–Trinajstić information content (AvgIpc) is 2.77. The van der Waals surface area contributed by atoms with Crippen LogP contribution >= 0.6 is 0 Å². The van der Waals surface area contributed by atoms with Crippen LogP contribution in [-0.2, 0) is 16.1 Å². The van der Waals surface area contributed by atoms with Gasteiger partial charge in [-0.15, -0.1) is 0 Å². The van der Waals surface area contributed by atoms with Crippen LogP contribution < -0.4 is 21.7 Å². The Morgan fingerprint density at radius 3 is 2.68 bits per heavy atom. The van der Waals surface area contributed by atoms with Crippen LogP contribution in [0.5, 0.6) is 0 Å². The lowest BCUT2D eigenvalue weighted by molar-refractivity contribution is -0.130. The van der Waals surface area contributed by atoms with E-state index < -0.39 is 6.04 Å². The molecule has 0 spiro atoms. The van der Waals surface area contributed by atoms with E-state index >= 15 is 0 Å². The number of hydrogen-bond acceptors (Lipinski definition) is 4. The molecule has 6 N–H and O–H groups in total. The van der Waals surface area contributed by atoms with Gasteiger partial charge in [0.2, 0.25) is 11.8 Å². The average molecular weight is 424 g/mol. The number of rotatable bonds is 9. The Bertz CT molecular complexity index is 857. The maximum atomic E-state index is 12.7. The molecule has 0 aromatic heterocycles. The first kappa shape index (κ1) is 24.1. The Kier molecular flexibility index (Phi) is 9.21. The molecule has 7 nitrogen and oxygen atoms in total. The number of nitrogen functional groups attached to an aromatic ring is 1. The fourth-order valence-electron chi connectivity index (χ4n) is 3.40. The van der Waals surface area contributed by atoms with Gasteiger partial charge in [-0.25, -0.2) is 0 Å². The van der Waals surface area contributed by atoms with Gasteiger partial charge < -0.3 is 21.7 Å². The van der Waals surface area contributed by atoms with Crippen molar-refractivity contribution in [2.45, 2.75) is 45.3 Å². The van der Waals surface area contributed by atoms with Crippen molar-refractivity contribution in [3.05, 3.63) is 71.8 Å². The number of piperidine rings is 1. The van der Waals surface area contributed by atoms with Gasteiger partial charge in [0.05, 0.1) is 6.04 Å². The van der Waals surface area contributed by atoms with E-state index in [1.807, 2.05) is 43.4 Å². The highest BCUT2D eigenvalue weighted by Gasteiger charge is 2.29. The fourth-order valence-corrected chi connectivity index (χ4v) is 3.40. The fraction of sp³-hybridized carbons (Fsp3) is 0.375. The summed E-state index contributed by atoms with van der Waals surface area (Å²) in [5.41, 5.74) is 7.98. The van der Waals surface area contributed by atoms with E-state index in [4.69, 9.17) is 11.1 Å². The van der Waals surface area contributed by atoms with E-state index in [-0.39, 0.29) is 29.6 Å². The molecule has 2 rings (SSSR count). The molecule has 166 valence electrons. The second kappa shape index (κ2) is 11.9. The molecule has 0 aliphatic carbocycles. The van der Waals surface area contributed by atoms with Gasteiger partial charge in [0.1, 0.15) is 11.9 Å². The third kappa shape index (κ3) is 7.53. The summed E-state index contributed by atoms with van der Waals surface area (Å²) in [6.45, 7) is 8.83. The molecule has 3 atom stereocenters. The lowest BCUT2D eigenvalue weighted by Crippen LogP contribution is -2.53. The molecule has 1 aliphatic heterocycles. The van der Waals surface area contributed by atoms with Crippen molar-refractivity contribution in [2.75, 3.05) is 6.54 Å². The molecule has 1 fully saturated rings. The van der Waals surface area contributed by atoms with E-state index in [0.717, 1.165) is 24.1 Å². The number of allylic oxidation sites excluding steroid dienone is 5. The first-order chi connectivity index (χ1) is 14.8. The van der Waals surface area contributed by atoms with Crippen molar-refractivity contribution < 1.29 is 9.59 Å². The van der Waals surface area contributed by atoms with Gasteiger partial charge in [-0.3, -0.25) is 15.0 Å². The number of amides is 2. The highest BCUT2D eigenvalue weighted by Crippen LogP contribution is 2.24. The summed E-state index contributed by atoms with van der Waals surface area (Å²) < 4.78 is 0. The first-order valence-corrected chi connectivity index (χ1v) is 10.5. The molecule has 2 amide bonds. The lowest BCUT2D eigenvalue weighted by atomic mass is 9.86. The third-order valence-corrected chi connectivity index (χ3v) is 5.34. The van der Waals surface area contributed by atoms with Crippen molar-refractivity contribution in [3.63, 3.8) is 0 Å². The minimum atomic E-state index is -0.649. The number of nitrogens with one attached hydrogen (secondary N) is 4. The summed E-state index contributed by atoms with van der Waals surface area (Å²) >= 11 is 0. The minimum absolute atomic E-state index is 0.00266. The molecular formula is C24H33N5O2. The molecule has 31 heavy (non-hydrogen) atoms. The lowest BCUT2D eigenvalue weighted by Gasteiger charge is -2.30. The zero-order valence-electron chi connectivity index (χ0n) is 18.3. The standard InChI is InChI=1S/C24H33N5O2/c1-4-5-6-7-16(2)20-12-13-27-21(14-20)24(31)29-17(3)23(30)28-15-18-8-10-19(11-9-18)22(25)26/h4-11,17,20-21,27H,2,12-15H2,1,3H3,(H3,25,26)(H,28,30)(H,29,31)/b5-4-,7-6-/t17-,20+,21+/m0/s1. The topological polar surface area (TPSA) is 120 Å². The SMILES string of the molecule is C=C(/C=C\C=C/C)[C@@H]1CCN[C@@H](C(=O)N[C@@H](C)C(=O)NCc2ccc(C(=N)N)cc2)C1. The normalized spacial score (nSPS) is 19.8. The minimum Gasteiger partial charge on any atom is -0.384 e. The van der Waals surface area contributed by atoms with Crippen molar-refractivity contribution in [3.8, 4) is 0 Å². The zero-order chi connectivity index (χ0) is 22.8. The van der Waals surface area contributed by atoms with Crippen LogP contribution in [0.15, 0.2) is 60.7 Å². The summed E-state index contributed by atoms with van der Waals surface area (Å²) in [5, 5.41) is 16.3. The molecule has 0 unspecified atom stereocenters. The van der Waals surface area contributed by atoms with Gasteiger partial charge in [0, 0.05) is 12.1 Å². The first-order valence-electron chi connectivity index (χ1n) is 10.5. The number of carbonyl (C=O) groups is 2. The van der Waals surface area contributed by atoms with Crippen LogP contribution in [0.1, 0.15) is 37.8 Å². The molecule has 1 aromatic rings. The smallest absolute Gasteiger partial charge is 0.242 e. The highest BCUT2D eigenvalue weighted by molar-refractivity contribution is 5.95. The van der Waals surface area contributed by atoms with Crippen molar-refractivity contribution in [1.29, 1.82) is 5.41 Å². The predicted octanol–water partition coefficient (Wildman–Crippen LogP) is 2.15. The van der Waals surface area contributed by atoms with Gasteiger partial charge >= 0.3 is 0 Å². The Morgan fingerprint density at radius 1 is 1.32 bits per heavy atom. The van der Waals surface area contributed by atoms with Crippen LogP contribution in [0, 0.1) is 11.3 Å². The quantitative estimate of drug-likeness (QED) is 0.237. The summed E-state index contributed by atoms with van der Waals surface area (Å²) in [4.78, 5) is 25.1. The maximum absolute atomic E-state index is 12.7. The van der Waals surface area contributed by atoms with E-state index in [1.165, 1.54) is 0 Å². The largest absolute Gasteiger partial charge is 0.384 e. The molecule has 0 bridgehead atoms.